The van der Waals surface area contributed by atoms with Crippen LogP contribution in [0.5, 0.6) is 0 Å². The topological polar surface area (TPSA) is 172 Å². The average molecular weight is 507 g/mol. The Hall–Kier alpha value is -3.58. The van der Waals surface area contributed by atoms with Gasteiger partial charge in [-0.2, -0.15) is 5.10 Å². The van der Waals surface area contributed by atoms with Crippen molar-refractivity contribution in [2.75, 3.05) is 31.3 Å². The van der Waals surface area contributed by atoms with E-state index in [1.807, 2.05) is 20.2 Å². The highest BCUT2D eigenvalue weighted by Crippen LogP contribution is 2.28. The molecule has 2 aromatic heterocycles. The minimum Gasteiger partial charge on any atom is -0.480 e. The molecule has 0 aliphatic heterocycles. The average Bonchev–Trinajstić information content (AvgIpc) is 3.29. The van der Waals surface area contributed by atoms with E-state index in [0.717, 1.165) is 5.56 Å². The normalized spacial score (nSPS) is 17.0. The lowest BCUT2D eigenvalue weighted by atomic mass is 9.91. The van der Waals surface area contributed by atoms with Gasteiger partial charge in [-0.15, -0.1) is 0 Å². The number of nitrogens with zero attached hydrogens (tertiary/aromatic N) is 5. The Morgan fingerprint density at radius 1 is 1.06 bits per heavy atom. The van der Waals surface area contributed by atoms with E-state index >= 15 is 0 Å². The molecule has 1 aliphatic rings. The minimum atomic E-state index is -0.915. The van der Waals surface area contributed by atoms with Crippen molar-refractivity contribution in [3.05, 3.63) is 24.8 Å². The Morgan fingerprint density at radius 3 is 2.19 bits per heavy atom. The molecule has 0 bridgehead atoms. The van der Waals surface area contributed by atoms with Crippen LogP contribution in [0.3, 0.4) is 0 Å². The first-order valence-electron chi connectivity index (χ1n) is 11.7. The molecule has 13 nitrogen and oxygen atoms in total. The summed E-state index contributed by atoms with van der Waals surface area (Å²) in [4.78, 5) is 44.0. The van der Waals surface area contributed by atoms with Crippen molar-refractivity contribution in [1.82, 2.24) is 19.7 Å². The van der Waals surface area contributed by atoms with Crippen molar-refractivity contribution in [2.45, 2.75) is 51.7 Å². The zero-order valence-corrected chi connectivity index (χ0v) is 20.8. The van der Waals surface area contributed by atoms with Crippen molar-refractivity contribution in [1.29, 1.82) is 0 Å². The Kier molecular flexibility index (Phi) is 11.7. The third-order valence-corrected chi connectivity index (χ3v) is 5.31. The van der Waals surface area contributed by atoms with Gasteiger partial charge in [0.1, 0.15) is 19.3 Å². The molecule has 0 aromatic carbocycles. The first-order valence-corrected chi connectivity index (χ1v) is 11.7. The van der Waals surface area contributed by atoms with Crippen LogP contribution in [0.4, 0.5) is 10.6 Å². The van der Waals surface area contributed by atoms with Crippen molar-refractivity contribution < 1.29 is 33.7 Å². The Bertz CT molecular complexity index is 974. The largest absolute Gasteiger partial charge is 0.480 e. The van der Waals surface area contributed by atoms with Crippen LogP contribution in [0.2, 0.25) is 0 Å². The number of carbonyl (C=O) groups excluding carboxylic acids is 2. The highest BCUT2D eigenvalue weighted by molar-refractivity contribution is 5.94. The molecule has 1 fully saturated rings. The number of carboxylic acid groups (broad SMARTS) is 1. The SMILES string of the molecule is CCOCC(=O)N(c1cnc(-c2cnn(C)c2)cn1)C1CCC(OC(N)=O)CC1.CCOCC(=O)O. The fourth-order valence-corrected chi connectivity index (χ4v) is 3.70. The Morgan fingerprint density at radius 2 is 1.72 bits per heavy atom. The monoisotopic (exact) mass is 506 g/mol. The number of rotatable bonds is 10. The third kappa shape index (κ3) is 9.23. The van der Waals surface area contributed by atoms with Crippen molar-refractivity contribution >= 4 is 23.8 Å². The molecule has 2 amide bonds. The van der Waals surface area contributed by atoms with Crippen LogP contribution in [-0.4, -0.2) is 81.4 Å². The lowest BCUT2D eigenvalue weighted by Crippen LogP contribution is -2.46. The summed E-state index contributed by atoms with van der Waals surface area (Å²) in [5, 5.41) is 12.1. The molecule has 1 aliphatic carbocycles. The van der Waals surface area contributed by atoms with Crippen molar-refractivity contribution in [2.24, 2.45) is 12.8 Å². The fraction of sp³-hybridized carbons (Fsp3) is 0.565. The molecule has 2 aromatic rings. The van der Waals surface area contributed by atoms with Gasteiger partial charge in [0.2, 0.25) is 0 Å². The molecule has 0 radical (unpaired) electrons. The van der Waals surface area contributed by atoms with Gasteiger partial charge in [-0.05, 0) is 39.5 Å². The van der Waals surface area contributed by atoms with Gasteiger partial charge in [-0.3, -0.25) is 19.4 Å². The summed E-state index contributed by atoms with van der Waals surface area (Å²) < 4.78 is 16.6. The molecule has 2 heterocycles. The molecular formula is C23H34N6O7. The fourth-order valence-electron chi connectivity index (χ4n) is 3.70. The van der Waals surface area contributed by atoms with Gasteiger partial charge in [0.25, 0.3) is 5.91 Å². The number of ether oxygens (including phenoxy) is 3. The lowest BCUT2D eigenvalue weighted by Gasteiger charge is -2.35. The van der Waals surface area contributed by atoms with E-state index in [2.05, 4.69) is 19.8 Å². The molecule has 0 unspecified atom stereocenters. The summed E-state index contributed by atoms with van der Waals surface area (Å²) in [6.07, 6.45) is 8.40. The predicted octanol–water partition coefficient (Wildman–Crippen LogP) is 1.76. The summed E-state index contributed by atoms with van der Waals surface area (Å²) in [6.45, 7) is 4.29. The van der Waals surface area contributed by atoms with E-state index in [0.29, 0.717) is 50.4 Å². The molecule has 3 rings (SSSR count). The maximum atomic E-state index is 12.8. The standard InChI is InChI=1S/C19H26N6O4.C4H8O3/c1-3-28-12-18(26)25(14-4-6-15(7-5-14)29-19(20)27)17-10-21-16(9-22-17)13-8-23-24(2)11-13;1-2-7-3-4(5)6/h8-11,14-15H,3-7,12H2,1-2H3,(H2,20,27);2-3H2,1H3,(H,5,6). The quantitative estimate of drug-likeness (QED) is 0.483. The van der Waals surface area contributed by atoms with Gasteiger partial charge in [0.05, 0.1) is 24.3 Å². The molecule has 36 heavy (non-hydrogen) atoms. The number of carboxylic acids is 1. The maximum absolute atomic E-state index is 12.8. The van der Waals surface area contributed by atoms with Crippen LogP contribution in [0.1, 0.15) is 39.5 Å². The summed E-state index contributed by atoms with van der Waals surface area (Å²) in [5.74, 6) is -0.613. The highest BCUT2D eigenvalue weighted by Gasteiger charge is 2.32. The number of hydrogen-bond acceptors (Lipinski definition) is 9. The summed E-state index contributed by atoms with van der Waals surface area (Å²) in [6, 6.07) is -0.0748. The van der Waals surface area contributed by atoms with E-state index in [-0.39, 0.29) is 31.3 Å². The third-order valence-electron chi connectivity index (χ3n) is 5.31. The van der Waals surface area contributed by atoms with Crippen LogP contribution in [0.15, 0.2) is 24.8 Å². The molecule has 0 saturated heterocycles. The Balaban J connectivity index is 0.000000572. The minimum absolute atomic E-state index is 0.0275. The zero-order chi connectivity index (χ0) is 26.5. The smallest absolute Gasteiger partial charge is 0.404 e. The zero-order valence-electron chi connectivity index (χ0n) is 20.8. The summed E-state index contributed by atoms with van der Waals surface area (Å²) in [7, 11) is 1.83. The molecule has 1 saturated carbocycles. The maximum Gasteiger partial charge on any atom is 0.404 e. The Labute approximate surface area is 209 Å². The van der Waals surface area contributed by atoms with Gasteiger partial charge in [0, 0.05) is 38.1 Å². The van der Waals surface area contributed by atoms with Gasteiger partial charge in [-0.1, -0.05) is 0 Å². The molecule has 3 N–H and O–H groups in total. The van der Waals surface area contributed by atoms with E-state index in [4.69, 9.17) is 20.3 Å². The second kappa shape index (κ2) is 14.7. The van der Waals surface area contributed by atoms with Gasteiger partial charge in [0.15, 0.2) is 5.82 Å². The van der Waals surface area contributed by atoms with E-state index in [1.165, 1.54) is 0 Å². The highest BCUT2D eigenvalue weighted by atomic mass is 16.6. The molecule has 198 valence electrons. The van der Waals surface area contributed by atoms with Crippen LogP contribution in [0, 0.1) is 0 Å². The first kappa shape index (κ1) is 28.7. The summed E-state index contributed by atoms with van der Waals surface area (Å²) in [5.41, 5.74) is 6.64. The molecule has 0 atom stereocenters. The van der Waals surface area contributed by atoms with Crippen LogP contribution >= 0.6 is 0 Å². The van der Waals surface area contributed by atoms with E-state index in [9.17, 15) is 14.4 Å². The van der Waals surface area contributed by atoms with Crippen molar-refractivity contribution in [3.63, 3.8) is 0 Å². The second-order valence-corrected chi connectivity index (χ2v) is 7.96. The van der Waals surface area contributed by atoms with E-state index < -0.39 is 12.1 Å². The predicted molar refractivity (Wildman–Crippen MR) is 129 cm³/mol. The van der Waals surface area contributed by atoms with Gasteiger partial charge < -0.3 is 25.1 Å². The number of carbonyl (C=O) groups is 3. The number of amides is 2. The second-order valence-electron chi connectivity index (χ2n) is 7.96. The van der Waals surface area contributed by atoms with Crippen LogP contribution < -0.4 is 10.6 Å². The van der Waals surface area contributed by atoms with Gasteiger partial charge >= 0.3 is 12.1 Å². The molecule has 0 spiro atoms. The first-order chi connectivity index (χ1) is 17.2. The number of nitrogens with two attached hydrogens (primary N) is 1. The van der Waals surface area contributed by atoms with Gasteiger partial charge in [-0.25, -0.2) is 14.6 Å². The molecule has 13 heteroatoms. The van der Waals surface area contributed by atoms with Crippen molar-refractivity contribution in [3.8, 4) is 11.3 Å². The number of aromatic nitrogens is 4. The van der Waals surface area contributed by atoms with Crippen LogP contribution in [0.25, 0.3) is 11.3 Å². The number of aliphatic carboxylic acids is 1. The summed E-state index contributed by atoms with van der Waals surface area (Å²) >= 11 is 0. The van der Waals surface area contributed by atoms with E-state index in [1.54, 1.807) is 35.1 Å². The van der Waals surface area contributed by atoms with Crippen LogP contribution in [-0.2, 0) is 30.8 Å². The number of hydrogen-bond donors (Lipinski definition) is 2. The number of aryl methyl sites for hydroxylation is 1. The molecular weight excluding hydrogens is 472 g/mol. The number of anilines is 1. The number of primary amides is 1. The lowest BCUT2D eigenvalue weighted by molar-refractivity contribution is -0.142.